The number of aryl methyl sites for hydroxylation is 1. The van der Waals surface area contributed by atoms with E-state index in [4.69, 9.17) is 5.26 Å². The molecule has 0 aliphatic heterocycles. The zero-order valence-corrected chi connectivity index (χ0v) is 16.3. The number of anilines is 1. The Morgan fingerprint density at radius 3 is 2.43 bits per heavy atom. The molecule has 0 bridgehead atoms. The minimum Gasteiger partial charge on any atom is -0.325 e. The van der Waals surface area contributed by atoms with Crippen LogP contribution in [0.3, 0.4) is 0 Å². The lowest BCUT2D eigenvalue weighted by atomic mass is 10.1. The van der Waals surface area contributed by atoms with E-state index in [1.807, 2.05) is 6.07 Å². The maximum absolute atomic E-state index is 12.4. The van der Waals surface area contributed by atoms with Crippen molar-refractivity contribution in [2.24, 2.45) is 0 Å². The number of sulfonamides is 1. The number of carbonyl (C=O) groups excluding carboxylic acids is 1. The van der Waals surface area contributed by atoms with Crippen LogP contribution in [0.2, 0.25) is 0 Å². The van der Waals surface area contributed by atoms with Gasteiger partial charge in [0.2, 0.25) is 15.9 Å². The van der Waals surface area contributed by atoms with Gasteiger partial charge >= 0.3 is 0 Å². The van der Waals surface area contributed by atoms with Crippen LogP contribution < -0.4 is 10.0 Å². The second kappa shape index (κ2) is 9.00. The molecule has 1 amide bonds. The molecule has 7 heteroatoms. The number of benzene rings is 2. The zero-order chi connectivity index (χ0) is 20.0. The van der Waals surface area contributed by atoms with Crippen LogP contribution in [0.15, 0.2) is 53.4 Å². The molecule has 146 valence electrons. The van der Waals surface area contributed by atoms with E-state index < -0.39 is 10.0 Å². The lowest BCUT2D eigenvalue weighted by molar-refractivity contribution is -0.116. The quantitative estimate of drug-likeness (QED) is 0.748. The highest BCUT2D eigenvalue weighted by Crippen LogP contribution is 2.21. The summed E-state index contributed by atoms with van der Waals surface area (Å²) in [5.41, 5.74) is 1.79. The number of rotatable bonds is 7. The number of carbonyl (C=O) groups is 1. The molecule has 0 radical (unpaired) electrons. The van der Waals surface area contributed by atoms with Crippen molar-refractivity contribution in [1.82, 2.24) is 4.72 Å². The predicted molar refractivity (Wildman–Crippen MR) is 107 cm³/mol. The Morgan fingerprint density at radius 2 is 1.75 bits per heavy atom. The molecule has 1 aliphatic carbocycles. The van der Waals surface area contributed by atoms with Crippen molar-refractivity contribution in [2.45, 2.75) is 49.5 Å². The molecule has 2 aromatic rings. The van der Waals surface area contributed by atoms with Crippen LogP contribution in [0.25, 0.3) is 0 Å². The largest absolute Gasteiger partial charge is 0.325 e. The van der Waals surface area contributed by atoms with Crippen molar-refractivity contribution in [2.75, 3.05) is 5.32 Å². The van der Waals surface area contributed by atoms with Gasteiger partial charge in [-0.25, -0.2) is 13.1 Å². The van der Waals surface area contributed by atoms with Crippen molar-refractivity contribution >= 4 is 21.6 Å². The lowest BCUT2D eigenvalue weighted by Gasteiger charge is -2.13. The van der Waals surface area contributed by atoms with E-state index in [0.29, 0.717) is 17.7 Å². The molecule has 0 heterocycles. The summed E-state index contributed by atoms with van der Waals surface area (Å²) < 4.78 is 27.6. The highest BCUT2D eigenvalue weighted by atomic mass is 32.2. The third kappa shape index (κ3) is 5.18. The van der Waals surface area contributed by atoms with Crippen LogP contribution in [0.4, 0.5) is 5.69 Å². The number of hydrogen-bond donors (Lipinski definition) is 2. The first kappa shape index (κ1) is 20.1. The summed E-state index contributed by atoms with van der Waals surface area (Å²) in [5.74, 6) is -0.192. The summed E-state index contributed by atoms with van der Waals surface area (Å²) in [6.07, 6.45) is 4.63. The standard InChI is InChI=1S/C21H23N3O3S/c22-15-17-5-1-4-8-20(17)23-21(25)14-11-16-9-12-19(13-10-16)28(26,27)24-18-6-2-3-7-18/h1,4-5,8-10,12-13,18,24H,2-3,6-7,11,14H2,(H,23,25). The molecule has 1 aliphatic rings. The van der Waals surface area contributed by atoms with Crippen molar-refractivity contribution < 1.29 is 13.2 Å². The first-order valence-corrected chi connectivity index (χ1v) is 10.9. The van der Waals surface area contributed by atoms with E-state index >= 15 is 0 Å². The monoisotopic (exact) mass is 397 g/mol. The van der Waals surface area contributed by atoms with E-state index in [0.717, 1.165) is 31.2 Å². The van der Waals surface area contributed by atoms with Crippen LogP contribution in [0.1, 0.15) is 43.2 Å². The molecule has 0 spiro atoms. The van der Waals surface area contributed by atoms with E-state index in [9.17, 15) is 13.2 Å². The van der Waals surface area contributed by atoms with Gasteiger partial charge in [-0.2, -0.15) is 5.26 Å². The molecule has 0 aromatic heterocycles. The van der Waals surface area contributed by atoms with Crippen LogP contribution in [0.5, 0.6) is 0 Å². The number of nitrogens with one attached hydrogen (secondary N) is 2. The fourth-order valence-electron chi connectivity index (χ4n) is 3.33. The SMILES string of the molecule is N#Cc1ccccc1NC(=O)CCc1ccc(S(=O)(=O)NC2CCCC2)cc1. The molecule has 3 rings (SSSR count). The molecule has 1 fully saturated rings. The maximum Gasteiger partial charge on any atom is 0.240 e. The Kier molecular flexibility index (Phi) is 6.45. The number of para-hydroxylation sites is 1. The second-order valence-electron chi connectivity index (χ2n) is 6.95. The van der Waals surface area contributed by atoms with Crippen molar-refractivity contribution in [3.05, 3.63) is 59.7 Å². The normalized spacial score (nSPS) is 14.5. The third-order valence-electron chi connectivity index (χ3n) is 4.87. The average Bonchev–Trinajstić information content (AvgIpc) is 3.19. The third-order valence-corrected chi connectivity index (χ3v) is 6.41. The minimum absolute atomic E-state index is 0.0321. The second-order valence-corrected chi connectivity index (χ2v) is 8.67. The van der Waals surface area contributed by atoms with Gasteiger partial charge in [0, 0.05) is 12.5 Å². The summed E-state index contributed by atoms with van der Waals surface area (Å²) in [4.78, 5) is 12.4. The molecule has 2 aromatic carbocycles. The number of hydrogen-bond acceptors (Lipinski definition) is 4. The van der Waals surface area contributed by atoms with E-state index in [-0.39, 0.29) is 23.3 Å². The molecule has 6 nitrogen and oxygen atoms in total. The highest BCUT2D eigenvalue weighted by molar-refractivity contribution is 7.89. The average molecular weight is 398 g/mol. The van der Waals surface area contributed by atoms with Gasteiger partial charge in [0.05, 0.1) is 16.1 Å². The summed E-state index contributed by atoms with van der Waals surface area (Å²) in [5, 5.41) is 11.8. The smallest absolute Gasteiger partial charge is 0.240 e. The van der Waals surface area contributed by atoms with E-state index in [2.05, 4.69) is 10.0 Å². The molecule has 0 unspecified atom stereocenters. The van der Waals surface area contributed by atoms with Crippen LogP contribution in [0, 0.1) is 11.3 Å². The number of nitriles is 1. The fourth-order valence-corrected chi connectivity index (χ4v) is 4.63. The molecule has 1 saturated carbocycles. The van der Waals surface area contributed by atoms with Gasteiger partial charge in [-0.1, -0.05) is 37.1 Å². The van der Waals surface area contributed by atoms with Gasteiger partial charge in [0.15, 0.2) is 0 Å². The summed E-state index contributed by atoms with van der Waals surface area (Å²) >= 11 is 0. The van der Waals surface area contributed by atoms with Gasteiger partial charge in [0.1, 0.15) is 6.07 Å². The molecule has 0 saturated heterocycles. The maximum atomic E-state index is 12.4. The van der Waals surface area contributed by atoms with Crippen molar-refractivity contribution in [1.29, 1.82) is 5.26 Å². The molecule has 28 heavy (non-hydrogen) atoms. The Balaban J connectivity index is 1.55. The summed E-state index contributed by atoms with van der Waals surface area (Å²) in [6.45, 7) is 0. The first-order valence-electron chi connectivity index (χ1n) is 9.38. The number of amides is 1. The Labute approximate surface area is 165 Å². The fraction of sp³-hybridized carbons (Fsp3) is 0.333. The molecular weight excluding hydrogens is 374 g/mol. The van der Waals surface area contributed by atoms with Gasteiger partial charge in [-0.05, 0) is 49.1 Å². The number of nitrogens with zero attached hydrogens (tertiary/aromatic N) is 1. The van der Waals surface area contributed by atoms with Crippen LogP contribution >= 0.6 is 0 Å². The van der Waals surface area contributed by atoms with E-state index in [1.165, 1.54) is 0 Å². The topological polar surface area (TPSA) is 99.1 Å². The van der Waals surface area contributed by atoms with Crippen molar-refractivity contribution in [3.63, 3.8) is 0 Å². The summed E-state index contributed by atoms with van der Waals surface area (Å²) in [7, 11) is -3.50. The van der Waals surface area contributed by atoms with Crippen LogP contribution in [-0.2, 0) is 21.2 Å². The van der Waals surface area contributed by atoms with Crippen LogP contribution in [-0.4, -0.2) is 20.4 Å². The van der Waals surface area contributed by atoms with Gasteiger partial charge < -0.3 is 5.32 Å². The predicted octanol–water partition coefficient (Wildman–Crippen LogP) is 3.35. The van der Waals surface area contributed by atoms with Gasteiger partial charge in [0.25, 0.3) is 0 Å². The zero-order valence-electron chi connectivity index (χ0n) is 15.5. The molecule has 0 atom stereocenters. The highest BCUT2D eigenvalue weighted by Gasteiger charge is 2.22. The van der Waals surface area contributed by atoms with Gasteiger partial charge in [-0.15, -0.1) is 0 Å². The Bertz CT molecular complexity index is 973. The van der Waals surface area contributed by atoms with Gasteiger partial charge in [-0.3, -0.25) is 4.79 Å². The van der Waals surface area contributed by atoms with Crippen molar-refractivity contribution in [3.8, 4) is 6.07 Å². The lowest BCUT2D eigenvalue weighted by Crippen LogP contribution is -2.32. The molecule has 2 N–H and O–H groups in total. The Morgan fingerprint density at radius 1 is 1.07 bits per heavy atom. The first-order chi connectivity index (χ1) is 13.5. The molecular formula is C21H23N3O3S. The Hall–Kier alpha value is -2.69. The summed E-state index contributed by atoms with van der Waals surface area (Å²) in [6, 6.07) is 15.5. The minimum atomic E-state index is -3.50. The van der Waals surface area contributed by atoms with E-state index in [1.54, 1.807) is 48.5 Å².